The molecular weight excluding hydrogens is 479 g/mol. The van der Waals surface area contributed by atoms with E-state index in [4.69, 9.17) is 4.52 Å². The molecule has 1 aromatic carbocycles. The third-order valence-electron chi connectivity index (χ3n) is 4.33. The van der Waals surface area contributed by atoms with E-state index < -0.39 is 0 Å². The average molecular weight is 514 g/mol. The summed E-state index contributed by atoms with van der Waals surface area (Å²) >= 11 is 0. The second-order valence-corrected chi connectivity index (χ2v) is 6.91. The minimum absolute atomic E-state index is 0. The summed E-state index contributed by atoms with van der Waals surface area (Å²) in [5.41, 5.74) is 1.26. The van der Waals surface area contributed by atoms with E-state index in [1.165, 1.54) is 5.69 Å². The molecular formula is C21H35IN6O. The molecule has 1 aromatic heterocycles. The maximum absolute atomic E-state index is 5.28. The molecule has 0 saturated heterocycles. The Morgan fingerprint density at radius 1 is 1.17 bits per heavy atom. The molecule has 0 unspecified atom stereocenters. The molecule has 29 heavy (non-hydrogen) atoms. The fourth-order valence-corrected chi connectivity index (χ4v) is 2.79. The Bertz CT molecular complexity index is 704. The van der Waals surface area contributed by atoms with Gasteiger partial charge in [0.2, 0.25) is 5.89 Å². The molecule has 0 atom stereocenters. The molecule has 8 heteroatoms. The number of halogens is 1. The van der Waals surface area contributed by atoms with E-state index in [-0.39, 0.29) is 29.9 Å². The first-order valence-corrected chi connectivity index (χ1v) is 10.3. The predicted molar refractivity (Wildman–Crippen MR) is 130 cm³/mol. The van der Waals surface area contributed by atoms with Crippen molar-refractivity contribution in [2.24, 2.45) is 4.99 Å². The number of anilines is 1. The lowest BCUT2D eigenvalue weighted by molar-refractivity contribution is 0.371. The molecule has 0 radical (unpaired) electrons. The van der Waals surface area contributed by atoms with Gasteiger partial charge in [-0.2, -0.15) is 4.98 Å². The molecule has 0 bridgehead atoms. The smallest absolute Gasteiger partial charge is 0.228 e. The minimum atomic E-state index is 0. The second-order valence-electron chi connectivity index (χ2n) is 6.91. The fraction of sp³-hybridized carbons (Fsp3) is 0.571. The molecule has 0 amide bonds. The highest BCUT2D eigenvalue weighted by molar-refractivity contribution is 14.0. The SMILES string of the molecule is CCNC(=NCCCN(CC)c1ccccc1)NCCc1nc(C(C)C)no1.I. The van der Waals surface area contributed by atoms with E-state index in [1.807, 2.05) is 6.07 Å². The Kier molecular flexibility index (Phi) is 12.3. The lowest BCUT2D eigenvalue weighted by Gasteiger charge is -2.22. The van der Waals surface area contributed by atoms with Gasteiger partial charge < -0.3 is 20.1 Å². The first-order chi connectivity index (χ1) is 13.6. The Morgan fingerprint density at radius 3 is 2.55 bits per heavy atom. The Balaban J connectivity index is 0.00000420. The number of nitrogens with zero attached hydrogens (tertiary/aromatic N) is 4. The van der Waals surface area contributed by atoms with Crippen LogP contribution in [0.3, 0.4) is 0 Å². The number of nitrogens with one attached hydrogen (secondary N) is 2. The molecule has 0 spiro atoms. The molecule has 0 aliphatic heterocycles. The van der Waals surface area contributed by atoms with E-state index in [2.05, 4.69) is 82.6 Å². The summed E-state index contributed by atoms with van der Waals surface area (Å²) < 4.78 is 5.28. The zero-order valence-corrected chi connectivity index (χ0v) is 20.3. The van der Waals surface area contributed by atoms with Crippen LogP contribution >= 0.6 is 24.0 Å². The first-order valence-electron chi connectivity index (χ1n) is 10.3. The van der Waals surface area contributed by atoms with Crippen LogP contribution in [-0.2, 0) is 6.42 Å². The Morgan fingerprint density at radius 2 is 1.93 bits per heavy atom. The summed E-state index contributed by atoms with van der Waals surface area (Å²) in [6.07, 6.45) is 1.68. The molecule has 7 nitrogen and oxygen atoms in total. The van der Waals surface area contributed by atoms with Crippen molar-refractivity contribution in [3.05, 3.63) is 42.0 Å². The summed E-state index contributed by atoms with van der Waals surface area (Å²) in [4.78, 5) is 11.5. The molecule has 2 N–H and O–H groups in total. The van der Waals surface area contributed by atoms with Crippen LogP contribution in [0, 0.1) is 0 Å². The Hall–Kier alpha value is -1.84. The van der Waals surface area contributed by atoms with E-state index in [0.717, 1.165) is 44.4 Å². The van der Waals surface area contributed by atoms with Gasteiger partial charge in [0.05, 0.1) is 0 Å². The monoisotopic (exact) mass is 514 g/mol. The largest absolute Gasteiger partial charge is 0.372 e. The number of para-hydroxylation sites is 1. The van der Waals surface area contributed by atoms with Gasteiger partial charge in [-0.1, -0.05) is 37.2 Å². The molecule has 0 saturated carbocycles. The van der Waals surface area contributed by atoms with Gasteiger partial charge in [-0.05, 0) is 32.4 Å². The number of guanidine groups is 1. The lowest BCUT2D eigenvalue weighted by atomic mass is 10.2. The van der Waals surface area contributed by atoms with Gasteiger partial charge >= 0.3 is 0 Å². The number of rotatable bonds is 11. The van der Waals surface area contributed by atoms with E-state index in [9.17, 15) is 0 Å². The summed E-state index contributed by atoms with van der Waals surface area (Å²) in [5, 5.41) is 10.6. The van der Waals surface area contributed by atoms with Crippen molar-refractivity contribution < 1.29 is 4.52 Å². The van der Waals surface area contributed by atoms with Crippen molar-refractivity contribution in [1.82, 2.24) is 20.8 Å². The molecule has 0 fully saturated rings. The van der Waals surface area contributed by atoms with Crippen LogP contribution in [0.5, 0.6) is 0 Å². The highest BCUT2D eigenvalue weighted by atomic mass is 127. The van der Waals surface area contributed by atoms with Crippen molar-refractivity contribution in [3.8, 4) is 0 Å². The van der Waals surface area contributed by atoms with Crippen LogP contribution in [0.4, 0.5) is 5.69 Å². The van der Waals surface area contributed by atoms with Gasteiger partial charge in [-0.15, -0.1) is 24.0 Å². The molecule has 2 aromatic rings. The maximum Gasteiger partial charge on any atom is 0.228 e. The van der Waals surface area contributed by atoms with Crippen molar-refractivity contribution in [1.29, 1.82) is 0 Å². The lowest BCUT2D eigenvalue weighted by Crippen LogP contribution is -2.38. The third-order valence-corrected chi connectivity index (χ3v) is 4.33. The van der Waals surface area contributed by atoms with Crippen LogP contribution in [0.1, 0.15) is 51.7 Å². The first kappa shape index (κ1) is 25.2. The number of hydrogen-bond acceptors (Lipinski definition) is 5. The second kappa shape index (κ2) is 14.2. The normalized spacial score (nSPS) is 11.3. The highest BCUT2D eigenvalue weighted by Crippen LogP contribution is 2.13. The number of aromatic nitrogens is 2. The molecule has 1 heterocycles. The zero-order chi connectivity index (χ0) is 20.2. The van der Waals surface area contributed by atoms with Crippen LogP contribution in [-0.4, -0.2) is 48.8 Å². The third kappa shape index (κ3) is 9.01. The van der Waals surface area contributed by atoms with Gasteiger partial charge in [-0.25, -0.2) is 0 Å². The zero-order valence-electron chi connectivity index (χ0n) is 18.0. The molecule has 2 rings (SSSR count). The average Bonchev–Trinajstić information content (AvgIpc) is 3.18. The standard InChI is InChI=1S/C21H34N6O.HI/c1-5-22-21(24-15-13-19-25-20(17(3)4)26-28-19)23-14-10-16-27(6-2)18-11-8-7-9-12-18;/h7-9,11-12,17H,5-6,10,13-16H2,1-4H3,(H2,22,23,24);1H. The van der Waals surface area contributed by atoms with Gasteiger partial charge in [-0.3, -0.25) is 4.99 Å². The van der Waals surface area contributed by atoms with E-state index in [1.54, 1.807) is 0 Å². The van der Waals surface area contributed by atoms with Gasteiger partial charge in [0.15, 0.2) is 11.8 Å². The molecule has 0 aliphatic carbocycles. The number of benzene rings is 1. The summed E-state index contributed by atoms with van der Waals surface area (Å²) in [6.45, 7) is 12.7. The Labute approximate surface area is 191 Å². The number of aliphatic imine (C=N–C) groups is 1. The van der Waals surface area contributed by atoms with Gasteiger partial charge in [0, 0.05) is 50.7 Å². The van der Waals surface area contributed by atoms with Crippen LogP contribution in [0.15, 0.2) is 39.8 Å². The topological polar surface area (TPSA) is 78.6 Å². The van der Waals surface area contributed by atoms with Crippen LogP contribution in [0.25, 0.3) is 0 Å². The van der Waals surface area contributed by atoms with Crippen LogP contribution in [0.2, 0.25) is 0 Å². The predicted octanol–water partition coefficient (Wildman–Crippen LogP) is 3.83. The quantitative estimate of drug-likeness (QED) is 0.206. The van der Waals surface area contributed by atoms with Crippen LogP contribution < -0.4 is 15.5 Å². The molecule has 162 valence electrons. The van der Waals surface area contributed by atoms with Crippen molar-refractivity contribution in [2.75, 3.05) is 37.6 Å². The highest BCUT2D eigenvalue weighted by Gasteiger charge is 2.09. The molecule has 0 aliphatic rings. The van der Waals surface area contributed by atoms with Crippen molar-refractivity contribution >= 4 is 35.6 Å². The minimum Gasteiger partial charge on any atom is -0.372 e. The summed E-state index contributed by atoms with van der Waals surface area (Å²) in [5.74, 6) is 2.53. The summed E-state index contributed by atoms with van der Waals surface area (Å²) in [7, 11) is 0. The van der Waals surface area contributed by atoms with E-state index >= 15 is 0 Å². The van der Waals surface area contributed by atoms with Crippen molar-refractivity contribution in [3.63, 3.8) is 0 Å². The van der Waals surface area contributed by atoms with Crippen molar-refractivity contribution in [2.45, 2.75) is 46.5 Å². The fourth-order valence-electron chi connectivity index (χ4n) is 2.79. The van der Waals surface area contributed by atoms with Gasteiger partial charge in [0.25, 0.3) is 0 Å². The van der Waals surface area contributed by atoms with Gasteiger partial charge in [0.1, 0.15) is 0 Å². The number of hydrogen-bond donors (Lipinski definition) is 2. The maximum atomic E-state index is 5.28. The van der Waals surface area contributed by atoms with E-state index in [0.29, 0.717) is 18.9 Å². The summed E-state index contributed by atoms with van der Waals surface area (Å²) in [6, 6.07) is 10.5.